The van der Waals surface area contributed by atoms with Crippen molar-refractivity contribution in [2.24, 2.45) is 0 Å². The summed E-state index contributed by atoms with van der Waals surface area (Å²) in [6.07, 6.45) is 0.250. The Bertz CT molecular complexity index is 654. The van der Waals surface area contributed by atoms with Gasteiger partial charge in [-0.15, -0.1) is 0 Å². The molecule has 2 amide bonds. The molecular weight excluding hydrogens is 304 g/mol. The topological polar surface area (TPSA) is 67.4 Å². The fraction of sp³-hybridized carbons (Fsp3) is 0.263. The Hall–Kier alpha value is -2.66. The van der Waals surface area contributed by atoms with Gasteiger partial charge in [-0.2, -0.15) is 0 Å². The first-order chi connectivity index (χ1) is 11.7. The van der Waals surface area contributed by atoms with Crippen LogP contribution in [0.1, 0.15) is 5.56 Å². The van der Waals surface area contributed by atoms with Crippen LogP contribution in [0.15, 0.2) is 54.6 Å². The third-order valence-electron chi connectivity index (χ3n) is 3.50. The monoisotopic (exact) mass is 326 g/mol. The number of hydrogen-bond donors (Lipinski definition) is 2. The zero-order valence-corrected chi connectivity index (χ0v) is 13.7. The van der Waals surface area contributed by atoms with Crippen molar-refractivity contribution in [2.75, 3.05) is 26.8 Å². The van der Waals surface area contributed by atoms with E-state index in [0.29, 0.717) is 13.2 Å². The maximum absolute atomic E-state index is 11.9. The van der Waals surface area contributed by atoms with Crippen LogP contribution in [0.5, 0.6) is 0 Å². The smallest absolute Gasteiger partial charge is 0.239 e. The van der Waals surface area contributed by atoms with Gasteiger partial charge in [-0.1, -0.05) is 54.6 Å². The summed E-state index contributed by atoms with van der Waals surface area (Å²) in [4.78, 5) is 23.4. The van der Waals surface area contributed by atoms with E-state index in [1.165, 1.54) is 0 Å². The van der Waals surface area contributed by atoms with Gasteiger partial charge < -0.3 is 15.4 Å². The molecule has 0 aliphatic heterocycles. The van der Waals surface area contributed by atoms with E-state index in [1.807, 2.05) is 54.6 Å². The van der Waals surface area contributed by atoms with Crippen LogP contribution in [0.4, 0.5) is 0 Å². The largest absolute Gasteiger partial charge is 0.383 e. The van der Waals surface area contributed by atoms with Crippen molar-refractivity contribution < 1.29 is 14.3 Å². The van der Waals surface area contributed by atoms with Crippen LogP contribution in [0, 0.1) is 0 Å². The first-order valence-electron chi connectivity index (χ1n) is 7.85. The van der Waals surface area contributed by atoms with E-state index in [9.17, 15) is 9.59 Å². The van der Waals surface area contributed by atoms with Crippen molar-refractivity contribution in [1.29, 1.82) is 0 Å². The zero-order chi connectivity index (χ0) is 17.2. The summed E-state index contributed by atoms with van der Waals surface area (Å²) in [5.41, 5.74) is 3.16. The molecule has 0 heterocycles. The molecule has 0 spiro atoms. The number of hydrogen-bond acceptors (Lipinski definition) is 3. The summed E-state index contributed by atoms with van der Waals surface area (Å²) in [5.74, 6) is -0.399. The van der Waals surface area contributed by atoms with E-state index in [1.54, 1.807) is 7.11 Å². The number of ether oxygens (including phenoxy) is 1. The van der Waals surface area contributed by atoms with E-state index in [-0.39, 0.29) is 24.8 Å². The second kappa shape index (κ2) is 9.47. The minimum atomic E-state index is -0.222. The van der Waals surface area contributed by atoms with Crippen LogP contribution in [-0.4, -0.2) is 38.6 Å². The average molecular weight is 326 g/mol. The van der Waals surface area contributed by atoms with Crippen molar-refractivity contribution in [3.8, 4) is 11.1 Å². The van der Waals surface area contributed by atoms with Gasteiger partial charge in [0.1, 0.15) is 0 Å². The normalized spacial score (nSPS) is 10.2. The maximum atomic E-state index is 11.9. The highest BCUT2D eigenvalue weighted by Gasteiger charge is 2.06. The molecule has 0 fully saturated rings. The van der Waals surface area contributed by atoms with E-state index in [2.05, 4.69) is 10.6 Å². The lowest BCUT2D eigenvalue weighted by Gasteiger charge is -2.07. The minimum Gasteiger partial charge on any atom is -0.383 e. The quantitative estimate of drug-likeness (QED) is 0.727. The van der Waals surface area contributed by atoms with Crippen molar-refractivity contribution in [1.82, 2.24) is 10.6 Å². The Morgan fingerprint density at radius 1 is 0.875 bits per heavy atom. The molecule has 2 aromatic rings. The first-order valence-corrected chi connectivity index (χ1v) is 7.85. The number of carbonyl (C=O) groups is 2. The van der Waals surface area contributed by atoms with Crippen LogP contribution in [-0.2, 0) is 20.7 Å². The number of methoxy groups -OCH3 is 1. The molecule has 0 atom stereocenters. The summed E-state index contributed by atoms with van der Waals surface area (Å²) in [7, 11) is 1.57. The lowest BCUT2D eigenvalue weighted by atomic mass is 10.0. The van der Waals surface area contributed by atoms with Crippen LogP contribution in [0.2, 0.25) is 0 Å². The SMILES string of the molecule is COCCNC(=O)CNC(=O)Cc1ccc(-c2ccccc2)cc1. The van der Waals surface area contributed by atoms with Crippen molar-refractivity contribution >= 4 is 11.8 Å². The van der Waals surface area contributed by atoms with E-state index >= 15 is 0 Å². The molecule has 0 saturated carbocycles. The second-order valence-corrected chi connectivity index (χ2v) is 5.36. The molecule has 0 aromatic heterocycles. The molecule has 0 aliphatic rings. The fourth-order valence-electron chi connectivity index (χ4n) is 2.23. The molecule has 0 bridgehead atoms. The molecule has 2 aromatic carbocycles. The number of nitrogens with one attached hydrogen (secondary N) is 2. The number of carbonyl (C=O) groups excluding carboxylic acids is 2. The van der Waals surface area contributed by atoms with Gasteiger partial charge in [-0.05, 0) is 16.7 Å². The summed E-state index contributed by atoms with van der Waals surface area (Å²) in [6, 6.07) is 17.9. The Morgan fingerprint density at radius 2 is 1.54 bits per heavy atom. The summed E-state index contributed by atoms with van der Waals surface area (Å²) in [5, 5.41) is 5.26. The maximum Gasteiger partial charge on any atom is 0.239 e. The van der Waals surface area contributed by atoms with E-state index in [4.69, 9.17) is 4.74 Å². The number of rotatable bonds is 8. The highest BCUT2D eigenvalue weighted by molar-refractivity contribution is 5.85. The summed E-state index contributed by atoms with van der Waals surface area (Å²) < 4.78 is 4.84. The van der Waals surface area contributed by atoms with Gasteiger partial charge in [0.15, 0.2) is 0 Å². The van der Waals surface area contributed by atoms with Crippen molar-refractivity contribution in [3.05, 3.63) is 60.2 Å². The predicted octanol–water partition coefficient (Wildman–Crippen LogP) is 1.77. The van der Waals surface area contributed by atoms with Gasteiger partial charge >= 0.3 is 0 Å². The predicted molar refractivity (Wildman–Crippen MR) is 93.5 cm³/mol. The molecule has 0 radical (unpaired) electrons. The number of amides is 2. The molecule has 126 valence electrons. The Labute approximate surface area is 142 Å². The van der Waals surface area contributed by atoms with Crippen LogP contribution < -0.4 is 10.6 Å². The van der Waals surface area contributed by atoms with Crippen molar-refractivity contribution in [3.63, 3.8) is 0 Å². The van der Waals surface area contributed by atoms with Gasteiger partial charge in [0, 0.05) is 13.7 Å². The third-order valence-corrected chi connectivity index (χ3v) is 3.50. The zero-order valence-electron chi connectivity index (χ0n) is 13.7. The molecular formula is C19H22N2O3. The van der Waals surface area contributed by atoms with Gasteiger partial charge in [0.25, 0.3) is 0 Å². The average Bonchev–Trinajstić information content (AvgIpc) is 2.62. The highest BCUT2D eigenvalue weighted by atomic mass is 16.5. The van der Waals surface area contributed by atoms with Crippen molar-refractivity contribution in [2.45, 2.75) is 6.42 Å². The van der Waals surface area contributed by atoms with Gasteiger partial charge in [-0.25, -0.2) is 0 Å². The Balaban J connectivity index is 1.79. The molecule has 0 aliphatic carbocycles. The van der Waals surface area contributed by atoms with Crippen LogP contribution in [0.3, 0.4) is 0 Å². The molecule has 0 saturated heterocycles. The summed E-state index contributed by atoms with van der Waals surface area (Å²) in [6.45, 7) is 0.865. The lowest BCUT2D eigenvalue weighted by molar-refractivity contribution is -0.125. The lowest BCUT2D eigenvalue weighted by Crippen LogP contribution is -2.38. The summed E-state index contributed by atoms with van der Waals surface area (Å²) >= 11 is 0. The standard InChI is InChI=1S/C19H22N2O3/c1-24-12-11-20-19(23)14-21-18(22)13-15-7-9-17(10-8-15)16-5-3-2-4-6-16/h2-10H,11-14H2,1H3,(H,20,23)(H,21,22). The first kappa shape index (κ1) is 17.7. The second-order valence-electron chi connectivity index (χ2n) is 5.36. The Kier molecular flexibility index (Phi) is 6.98. The van der Waals surface area contributed by atoms with Gasteiger partial charge in [-0.3, -0.25) is 9.59 Å². The molecule has 5 heteroatoms. The van der Waals surface area contributed by atoms with Crippen LogP contribution >= 0.6 is 0 Å². The molecule has 5 nitrogen and oxygen atoms in total. The van der Waals surface area contributed by atoms with E-state index < -0.39 is 0 Å². The highest BCUT2D eigenvalue weighted by Crippen LogP contribution is 2.19. The Morgan fingerprint density at radius 3 is 2.21 bits per heavy atom. The minimum absolute atomic E-state index is 0.0232. The third kappa shape index (κ3) is 5.85. The van der Waals surface area contributed by atoms with Crippen LogP contribution in [0.25, 0.3) is 11.1 Å². The molecule has 2 N–H and O–H groups in total. The van der Waals surface area contributed by atoms with Gasteiger partial charge in [0.2, 0.25) is 11.8 Å². The van der Waals surface area contributed by atoms with Gasteiger partial charge in [0.05, 0.1) is 19.6 Å². The molecule has 2 rings (SSSR count). The molecule has 0 unspecified atom stereocenters. The van der Waals surface area contributed by atoms with E-state index in [0.717, 1.165) is 16.7 Å². The number of benzene rings is 2. The fourth-order valence-corrected chi connectivity index (χ4v) is 2.23. The molecule has 24 heavy (non-hydrogen) atoms.